The number of halogens is 1. The number of esters is 1. The molecule has 1 N–H and O–H groups in total. The molecular weight excluding hydrogens is 456 g/mol. The Labute approximate surface area is 188 Å². The molecule has 0 aliphatic heterocycles. The maximum atomic E-state index is 12.9. The number of ether oxygens (including phenoxy) is 1. The molecule has 5 nitrogen and oxygen atoms in total. The van der Waals surface area contributed by atoms with Crippen LogP contribution in [0.25, 0.3) is 22.2 Å². The number of hydrogen-bond donors (Lipinski definition) is 1. The first kappa shape index (κ1) is 20.8. The van der Waals surface area contributed by atoms with Gasteiger partial charge >= 0.3 is 5.97 Å². The van der Waals surface area contributed by atoms with Crippen LogP contribution in [0.2, 0.25) is 0 Å². The molecular formula is C25H19BrN2O3. The second kappa shape index (κ2) is 9.10. The lowest BCUT2D eigenvalue weighted by molar-refractivity contribution is -0.119. The van der Waals surface area contributed by atoms with Gasteiger partial charge < -0.3 is 10.1 Å². The quantitative estimate of drug-likeness (QED) is 0.373. The fourth-order valence-electron chi connectivity index (χ4n) is 3.22. The van der Waals surface area contributed by atoms with E-state index in [-0.39, 0.29) is 6.61 Å². The first-order chi connectivity index (χ1) is 15.0. The number of benzene rings is 3. The van der Waals surface area contributed by atoms with Crippen molar-refractivity contribution in [3.63, 3.8) is 0 Å². The molecule has 0 atom stereocenters. The summed E-state index contributed by atoms with van der Waals surface area (Å²) in [5, 5.41) is 3.44. The monoisotopic (exact) mass is 474 g/mol. The molecule has 6 heteroatoms. The Kier molecular flexibility index (Phi) is 6.09. The predicted molar refractivity (Wildman–Crippen MR) is 125 cm³/mol. The standard InChI is InChI=1S/C25H19BrN2O3/c1-16-6-2-4-8-21(16)28-24(29)15-31-25(30)20-14-23(17-10-12-18(26)13-11-17)27-22-9-5-3-7-19(20)22/h2-14H,15H2,1H3,(H,28,29). The zero-order valence-corrected chi connectivity index (χ0v) is 18.3. The van der Waals surface area contributed by atoms with E-state index in [9.17, 15) is 9.59 Å². The second-order valence-electron chi connectivity index (χ2n) is 7.02. The minimum Gasteiger partial charge on any atom is -0.452 e. The number of aromatic nitrogens is 1. The minimum atomic E-state index is -0.572. The number of anilines is 1. The molecule has 1 amide bonds. The lowest BCUT2D eigenvalue weighted by Crippen LogP contribution is -2.21. The summed E-state index contributed by atoms with van der Waals surface area (Å²) in [7, 11) is 0. The molecule has 31 heavy (non-hydrogen) atoms. The van der Waals surface area contributed by atoms with Crippen LogP contribution < -0.4 is 5.32 Å². The summed E-state index contributed by atoms with van der Waals surface area (Å²) in [6, 6.07) is 24.2. The summed E-state index contributed by atoms with van der Waals surface area (Å²) in [4.78, 5) is 29.8. The minimum absolute atomic E-state index is 0.368. The van der Waals surface area contributed by atoms with Gasteiger partial charge in [-0.05, 0) is 42.8 Å². The fourth-order valence-corrected chi connectivity index (χ4v) is 3.49. The third kappa shape index (κ3) is 4.81. The van der Waals surface area contributed by atoms with E-state index in [1.807, 2.05) is 73.7 Å². The number of amides is 1. The Morgan fingerprint density at radius 1 is 0.968 bits per heavy atom. The molecule has 0 aliphatic carbocycles. The summed E-state index contributed by atoms with van der Waals surface area (Å²) in [6.07, 6.45) is 0. The van der Waals surface area contributed by atoms with Crippen LogP contribution in [0.4, 0.5) is 5.69 Å². The largest absolute Gasteiger partial charge is 0.452 e. The molecule has 0 aliphatic rings. The highest BCUT2D eigenvalue weighted by molar-refractivity contribution is 9.10. The molecule has 0 unspecified atom stereocenters. The molecule has 0 radical (unpaired) electrons. The molecule has 0 spiro atoms. The third-order valence-electron chi connectivity index (χ3n) is 4.83. The Morgan fingerprint density at radius 2 is 1.68 bits per heavy atom. The summed E-state index contributed by atoms with van der Waals surface area (Å²) in [6.45, 7) is 1.52. The molecule has 1 aromatic heterocycles. The van der Waals surface area contributed by atoms with Gasteiger partial charge in [0.15, 0.2) is 6.61 Å². The smallest absolute Gasteiger partial charge is 0.339 e. The maximum Gasteiger partial charge on any atom is 0.339 e. The first-order valence-corrected chi connectivity index (χ1v) is 10.5. The third-order valence-corrected chi connectivity index (χ3v) is 5.36. The van der Waals surface area contributed by atoms with E-state index < -0.39 is 11.9 Å². The van der Waals surface area contributed by atoms with Crippen molar-refractivity contribution in [2.75, 3.05) is 11.9 Å². The first-order valence-electron chi connectivity index (χ1n) is 9.69. The van der Waals surface area contributed by atoms with Crippen LogP contribution in [0, 0.1) is 6.92 Å². The van der Waals surface area contributed by atoms with Crippen molar-refractivity contribution in [1.82, 2.24) is 4.98 Å². The van der Waals surface area contributed by atoms with Gasteiger partial charge in [-0.15, -0.1) is 0 Å². The summed E-state index contributed by atoms with van der Waals surface area (Å²) < 4.78 is 6.29. The molecule has 4 aromatic rings. The maximum absolute atomic E-state index is 12.9. The molecule has 0 saturated heterocycles. The van der Waals surface area contributed by atoms with Gasteiger partial charge in [0.05, 0.1) is 16.8 Å². The van der Waals surface area contributed by atoms with E-state index >= 15 is 0 Å². The number of aryl methyl sites for hydroxylation is 1. The van der Waals surface area contributed by atoms with Gasteiger partial charge in [0.2, 0.25) is 0 Å². The van der Waals surface area contributed by atoms with Crippen molar-refractivity contribution in [2.45, 2.75) is 6.92 Å². The number of para-hydroxylation sites is 2. The van der Waals surface area contributed by atoms with Gasteiger partial charge in [0.25, 0.3) is 5.91 Å². The highest BCUT2D eigenvalue weighted by Gasteiger charge is 2.17. The van der Waals surface area contributed by atoms with Gasteiger partial charge in [-0.3, -0.25) is 4.79 Å². The van der Waals surface area contributed by atoms with Crippen molar-refractivity contribution in [2.24, 2.45) is 0 Å². The van der Waals surface area contributed by atoms with Gasteiger partial charge in [-0.2, -0.15) is 0 Å². The number of carbonyl (C=O) groups is 2. The van der Waals surface area contributed by atoms with Gasteiger partial charge in [0.1, 0.15) is 0 Å². The van der Waals surface area contributed by atoms with E-state index in [1.54, 1.807) is 12.1 Å². The Bertz CT molecular complexity index is 1270. The zero-order valence-electron chi connectivity index (χ0n) is 16.8. The summed E-state index contributed by atoms with van der Waals surface area (Å²) in [5.74, 6) is -0.967. The number of rotatable bonds is 5. The van der Waals surface area contributed by atoms with Crippen LogP contribution in [0.1, 0.15) is 15.9 Å². The average molecular weight is 475 g/mol. The zero-order chi connectivity index (χ0) is 21.8. The molecule has 0 saturated carbocycles. The van der Waals surface area contributed by atoms with E-state index in [0.29, 0.717) is 27.8 Å². The van der Waals surface area contributed by atoms with Crippen LogP contribution in [0.5, 0.6) is 0 Å². The number of hydrogen-bond acceptors (Lipinski definition) is 4. The highest BCUT2D eigenvalue weighted by atomic mass is 79.9. The van der Waals surface area contributed by atoms with Crippen LogP contribution in [0.15, 0.2) is 83.3 Å². The van der Waals surface area contributed by atoms with E-state index in [4.69, 9.17) is 4.74 Å². The predicted octanol–water partition coefficient (Wildman–Crippen LogP) is 5.77. The Morgan fingerprint density at radius 3 is 2.45 bits per heavy atom. The number of pyridine rings is 1. The lowest BCUT2D eigenvalue weighted by Gasteiger charge is -2.11. The van der Waals surface area contributed by atoms with E-state index in [1.165, 1.54) is 0 Å². The number of nitrogens with zero attached hydrogens (tertiary/aromatic N) is 1. The van der Waals surface area contributed by atoms with Crippen LogP contribution in [-0.4, -0.2) is 23.5 Å². The molecule has 3 aromatic carbocycles. The van der Waals surface area contributed by atoms with Gasteiger partial charge in [-0.25, -0.2) is 9.78 Å². The van der Waals surface area contributed by atoms with Crippen molar-refractivity contribution >= 4 is 44.4 Å². The molecule has 4 rings (SSSR count). The van der Waals surface area contributed by atoms with Crippen LogP contribution in [0.3, 0.4) is 0 Å². The van der Waals surface area contributed by atoms with Crippen LogP contribution in [-0.2, 0) is 9.53 Å². The van der Waals surface area contributed by atoms with Crippen molar-refractivity contribution in [1.29, 1.82) is 0 Å². The van der Waals surface area contributed by atoms with Crippen molar-refractivity contribution < 1.29 is 14.3 Å². The normalized spacial score (nSPS) is 10.6. The van der Waals surface area contributed by atoms with E-state index in [0.717, 1.165) is 15.6 Å². The van der Waals surface area contributed by atoms with Crippen LogP contribution >= 0.6 is 15.9 Å². The number of carbonyl (C=O) groups excluding carboxylic acids is 2. The number of fused-ring (bicyclic) bond motifs is 1. The van der Waals surface area contributed by atoms with Crippen molar-refractivity contribution in [3.05, 3.63) is 94.5 Å². The highest BCUT2D eigenvalue weighted by Crippen LogP contribution is 2.26. The summed E-state index contributed by atoms with van der Waals surface area (Å²) >= 11 is 3.43. The number of nitrogens with one attached hydrogen (secondary N) is 1. The molecule has 0 fully saturated rings. The molecule has 154 valence electrons. The van der Waals surface area contributed by atoms with E-state index in [2.05, 4.69) is 26.2 Å². The lowest BCUT2D eigenvalue weighted by atomic mass is 10.0. The van der Waals surface area contributed by atoms with Crippen molar-refractivity contribution in [3.8, 4) is 11.3 Å². The average Bonchev–Trinajstić information content (AvgIpc) is 2.79. The Hall–Kier alpha value is -3.51. The second-order valence-corrected chi connectivity index (χ2v) is 7.93. The fraction of sp³-hybridized carbons (Fsp3) is 0.0800. The topological polar surface area (TPSA) is 68.3 Å². The molecule has 1 heterocycles. The van der Waals surface area contributed by atoms with Gasteiger partial charge in [-0.1, -0.05) is 64.5 Å². The summed E-state index contributed by atoms with van der Waals surface area (Å²) in [5.41, 5.74) is 4.20. The SMILES string of the molecule is Cc1ccccc1NC(=O)COC(=O)c1cc(-c2ccc(Br)cc2)nc2ccccc12. The Balaban J connectivity index is 1.57. The molecule has 0 bridgehead atoms. The van der Waals surface area contributed by atoms with Gasteiger partial charge in [0, 0.05) is 21.1 Å².